The summed E-state index contributed by atoms with van der Waals surface area (Å²) in [6.07, 6.45) is 0. The van der Waals surface area contributed by atoms with E-state index in [4.69, 9.17) is 4.74 Å². The van der Waals surface area contributed by atoms with Crippen LogP contribution in [-0.2, 0) is 9.53 Å². The normalized spacial score (nSPS) is 11.9. The summed E-state index contributed by atoms with van der Waals surface area (Å²) in [5.41, 5.74) is 4.66. The number of fused-ring (bicyclic) bond motifs is 2. The third-order valence-electron chi connectivity index (χ3n) is 6.43. The number of methoxy groups -OCH3 is 1. The van der Waals surface area contributed by atoms with Crippen molar-refractivity contribution in [2.24, 2.45) is 0 Å². The lowest BCUT2D eigenvalue weighted by atomic mass is 9.93. The van der Waals surface area contributed by atoms with E-state index in [1.54, 1.807) is 14.0 Å². The molecule has 0 atom stereocenters. The first kappa shape index (κ1) is 22.4. The standard InChI is InChI=1S/C32H27NO2/c1-22(34)32(23(2)35-3)30-19-20-31(29-16-10-9-15-28(29)30)33(26-13-5-4-6-14-26)27-18-17-24-11-7-8-12-25(24)21-27/h4-21H,1-3H3/b32-23+. The highest BCUT2D eigenvalue weighted by molar-refractivity contribution is 6.24. The van der Waals surface area contributed by atoms with E-state index in [1.807, 2.05) is 31.2 Å². The zero-order valence-electron chi connectivity index (χ0n) is 20.2. The fourth-order valence-electron chi connectivity index (χ4n) is 4.75. The Morgan fingerprint density at radius 1 is 0.657 bits per heavy atom. The Kier molecular flexibility index (Phi) is 6.07. The summed E-state index contributed by atoms with van der Waals surface area (Å²) in [5.74, 6) is 0.599. The minimum atomic E-state index is -0.0169. The molecule has 5 aromatic rings. The summed E-state index contributed by atoms with van der Waals surface area (Å²) >= 11 is 0. The number of Topliss-reactive ketones (excluding diaryl/α,β-unsaturated/α-hetero) is 1. The number of carbonyl (C=O) groups excluding carboxylic acids is 1. The summed E-state index contributed by atoms with van der Waals surface area (Å²) < 4.78 is 5.48. The minimum absolute atomic E-state index is 0.0169. The van der Waals surface area contributed by atoms with Crippen molar-refractivity contribution in [2.45, 2.75) is 13.8 Å². The topological polar surface area (TPSA) is 29.5 Å². The molecule has 0 aliphatic carbocycles. The zero-order valence-corrected chi connectivity index (χ0v) is 20.2. The maximum atomic E-state index is 12.6. The average molecular weight is 458 g/mol. The van der Waals surface area contributed by atoms with Crippen molar-refractivity contribution in [3.8, 4) is 0 Å². The molecule has 0 saturated carbocycles. The molecule has 0 saturated heterocycles. The molecule has 0 aromatic heterocycles. The number of nitrogens with zero attached hydrogens (tertiary/aromatic N) is 1. The first-order valence-corrected chi connectivity index (χ1v) is 11.7. The van der Waals surface area contributed by atoms with Crippen molar-refractivity contribution in [3.05, 3.63) is 121 Å². The van der Waals surface area contributed by atoms with Gasteiger partial charge in [0.1, 0.15) is 5.76 Å². The molecule has 0 spiro atoms. The van der Waals surface area contributed by atoms with Crippen molar-refractivity contribution in [3.63, 3.8) is 0 Å². The number of allylic oxidation sites excluding steroid dienone is 2. The van der Waals surface area contributed by atoms with Gasteiger partial charge >= 0.3 is 0 Å². The lowest BCUT2D eigenvalue weighted by Crippen LogP contribution is -2.11. The summed E-state index contributed by atoms with van der Waals surface area (Å²) in [4.78, 5) is 14.9. The van der Waals surface area contributed by atoms with Crippen molar-refractivity contribution >= 4 is 50.0 Å². The molecule has 35 heavy (non-hydrogen) atoms. The second-order valence-corrected chi connectivity index (χ2v) is 8.57. The molecule has 0 amide bonds. The fraction of sp³-hybridized carbons (Fsp3) is 0.0938. The Morgan fingerprint density at radius 2 is 1.31 bits per heavy atom. The van der Waals surface area contributed by atoms with E-state index >= 15 is 0 Å². The van der Waals surface area contributed by atoms with Gasteiger partial charge in [-0.1, -0.05) is 78.9 Å². The summed E-state index contributed by atoms with van der Waals surface area (Å²) in [6.45, 7) is 3.43. The Labute approximate surface area is 205 Å². The van der Waals surface area contributed by atoms with Gasteiger partial charge in [-0.3, -0.25) is 4.79 Å². The van der Waals surface area contributed by atoms with Crippen LogP contribution in [-0.4, -0.2) is 12.9 Å². The van der Waals surface area contributed by atoms with E-state index in [-0.39, 0.29) is 5.78 Å². The third-order valence-corrected chi connectivity index (χ3v) is 6.43. The van der Waals surface area contributed by atoms with Crippen molar-refractivity contribution in [1.29, 1.82) is 0 Å². The molecule has 0 heterocycles. The number of rotatable bonds is 6. The number of ketones is 1. The first-order chi connectivity index (χ1) is 17.1. The van der Waals surface area contributed by atoms with Gasteiger partial charge < -0.3 is 9.64 Å². The molecule has 0 aliphatic heterocycles. The average Bonchev–Trinajstić information content (AvgIpc) is 2.90. The molecule has 5 aromatic carbocycles. The van der Waals surface area contributed by atoms with Crippen LogP contribution in [0.15, 0.2) is 115 Å². The molecular weight excluding hydrogens is 430 g/mol. The highest BCUT2D eigenvalue weighted by Crippen LogP contribution is 2.42. The van der Waals surface area contributed by atoms with Gasteiger partial charge in [0.05, 0.1) is 18.4 Å². The predicted molar refractivity (Wildman–Crippen MR) is 146 cm³/mol. The van der Waals surface area contributed by atoms with Gasteiger partial charge in [0.25, 0.3) is 0 Å². The van der Waals surface area contributed by atoms with E-state index in [0.29, 0.717) is 11.3 Å². The zero-order chi connectivity index (χ0) is 24.4. The number of ether oxygens (including phenoxy) is 1. The van der Waals surface area contributed by atoms with Crippen LogP contribution in [0.4, 0.5) is 17.1 Å². The second kappa shape index (κ2) is 9.47. The van der Waals surface area contributed by atoms with Crippen molar-refractivity contribution < 1.29 is 9.53 Å². The summed E-state index contributed by atoms with van der Waals surface area (Å²) in [5, 5.41) is 4.46. The maximum Gasteiger partial charge on any atom is 0.163 e. The predicted octanol–water partition coefficient (Wildman–Crippen LogP) is 8.43. The molecule has 5 rings (SSSR count). The Morgan fingerprint density at radius 3 is 2.03 bits per heavy atom. The largest absolute Gasteiger partial charge is 0.501 e. The Balaban J connectivity index is 1.79. The van der Waals surface area contributed by atoms with E-state index < -0.39 is 0 Å². The van der Waals surface area contributed by atoms with Crippen molar-refractivity contribution in [1.82, 2.24) is 0 Å². The van der Waals surface area contributed by atoms with E-state index in [1.165, 1.54) is 10.8 Å². The molecule has 0 aliphatic rings. The number of carbonyl (C=O) groups is 1. The van der Waals surface area contributed by atoms with Gasteiger partial charge in [-0.05, 0) is 65.9 Å². The van der Waals surface area contributed by atoms with Gasteiger partial charge in [-0.2, -0.15) is 0 Å². The Hall–Kier alpha value is -4.37. The number of anilines is 3. The van der Waals surface area contributed by atoms with Gasteiger partial charge in [0.15, 0.2) is 5.78 Å². The lowest BCUT2D eigenvalue weighted by Gasteiger charge is -2.28. The minimum Gasteiger partial charge on any atom is -0.501 e. The molecule has 0 unspecified atom stereocenters. The molecule has 172 valence electrons. The Bertz CT molecular complexity index is 1570. The monoisotopic (exact) mass is 457 g/mol. The van der Waals surface area contributed by atoms with Crippen LogP contribution in [0.25, 0.3) is 27.1 Å². The molecular formula is C32H27NO2. The number of benzene rings is 5. The molecule has 3 nitrogen and oxygen atoms in total. The molecule has 0 bridgehead atoms. The van der Waals surface area contributed by atoms with Crippen LogP contribution in [0.2, 0.25) is 0 Å². The quantitative estimate of drug-likeness (QED) is 0.189. The maximum absolute atomic E-state index is 12.6. The smallest absolute Gasteiger partial charge is 0.163 e. The first-order valence-electron chi connectivity index (χ1n) is 11.7. The fourth-order valence-corrected chi connectivity index (χ4v) is 4.75. The second-order valence-electron chi connectivity index (χ2n) is 8.57. The molecule has 3 heteroatoms. The highest BCUT2D eigenvalue weighted by Gasteiger charge is 2.20. The van der Waals surface area contributed by atoms with Gasteiger partial charge in [-0.25, -0.2) is 0 Å². The van der Waals surface area contributed by atoms with Crippen LogP contribution in [0.1, 0.15) is 19.4 Å². The van der Waals surface area contributed by atoms with Crippen LogP contribution in [0, 0.1) is 0 Å². The molecule has 0 N–H and O–H groups in total. The van der Waals surface area contributed by atoms with E-state index in [9.17, 15) is 4.79 Å². The van der Waals surface area contributed by atoms with E-state index in [2.05, 4.69) is 89.8 Å². The van der Waals surface area contributed by atoms with Gasteiger partial charge in [0.2, 0.25) is 0 Å². The molecule has 0 fully saturated rings. The summed E-state index contributed by atoms with van der Waals surface area (Å²) in [7, 11) is 1.60. The van der Waals surface area contributed by atoms with Gasteiger partial charge in [-0.15, -0.1) is 0 Å². The number of hydrogen-bond acceptors (Lipinski definition) is 3. The van der Waals surface area contributed by atoms with Crippen LogP contribution in [0.3, 0.4) is 0 Å². The van der Waals surface area contributed by atoms with E-state index in [0.717, 1.165) is 33.4 Å². The van der Waals surface area contributed by atoms with Crippen LogP contribution >= 0.6 is 0 Å². The molecule has 0 radical (unpaired) electrons. The summed E-state index contributed by atoms with van der Waals surface area (Å²) in [6, 6.07) is 37.7. The SMILES string of the molecule is CO/C(C)=C(\C(C)=O)c1ccc(N(c2ccccc2)c2ccc3ccccc3c2)c2ccccc12. The lowest BCUT2D eigenvalue weighted by molar-refractivity contribution is -0.111. The van der Waals surface area contributed by atoms with Crippen LogP contribution < -0.4 is 4.90 Å². The number of para-hydroxylation sites is 1. The third kappa shape index (κ3) is 4.17. The number of hydrogen-bond donors (Lipinski definition) is 0. The van der Waals surface area contributed by atoms with Crippen molar-refractivity contribution in [2.75, 3.05) is 12.0 Å². The van der Waals surface area contributed by atoms with Crippen LogP contribution in [0.5, 0.6) is 0 Å². The van der Waals surface area contributed by atoms with Gasteiger partial charge in [0, 0.05) is 16.8 Å². The highest BCUT2D eigenvalue weighted by atomic mass is 16.5.